The summed E-state index contributed by atoms with van der Waals surface area (Å²) in [5.41, 5.74) is 1.87. The fourth-order valence-corrected chi connectivity index (χ4v) is 4.56. The molecule has 4 rings (SSSR count). The number of morpholine rings is 1. The summed E-state index contributed by atoms with van der Waals surface area (Å²) in [5, 5.41) is 2.94. The minimum Gasteiger partial charge on any atom is -0.423 e. The first-order valence-corrected chi connectivity index (χ1v) is 11.5. The molecule has 0 spiro atoms. The van der Waals surface area contributed by atoms with Crippen molar-refractivity contribution in [1.29, 1.82) is 0 Å². The number of ether oxygens (including phenoxy) is 1. The van der Waals surface area contributed by atoms with E-state index in [0.29, 0.717) is 35.6 Å². The number of nitrogens with one attached hydrogen (secondary N) is 1. The number of hydrogen-bond acceptors (Lipinski definition) is 7. The summed E-state index contributed by atoms with van der Waals surface area (Å²) in [6, 6.07) is 9.57. The van der Waals surface area contributed by atoms with Gasteiger partial charge >= 0.3 is 0 Å². The second-order valence-corrected chi connectivity index (χ2v) is 9.78. The molecule has 160 valence electrons. The van der Waals surface area contributed by atoms with Gasteiger partial charge in [0.25, 0.3) is 6.01 Å². The Morgan fingerprint density at radius 1 is 1.17 bits per heavy atom. The summed E-state index contributed by atoms with van der Waals surface area (Å²) in [5.74, 6) is -0.345. The zero-order valence-corrected chi connectivity index (χ0v) is 17.9. The number of fused-ring (bicyclic) bond motifs is 1. The highest BCUT2D eigenvalue weighted by atomic mass is 32.2. The van der Waals surface area contributed by atoms with Gasteiger partial charge in [0.15, 0.2) is 15.4 Å². The number of hydrogen-bond donors (Lipinski definition) is 1. The van der Waals surface area contributed by atoms with Crippen molar-refractivity contribution in [3.8, 4) is 0 Å². The van der Waals surface area contributed by atoms with Crippen molar-refractivity contribution in [1.82, 2.24) is 4.98 Å². The normalized spacial score (nSPS) is 19.9. The molecule has 1 aromatic heterocycles. The van der Waals surface area contributed by atoms with Crippen LogP contribution in [-0.2, 0) is 14.6 Å². The summed E-state index contributed by atoms with van der Waals surface area (Å²) >= 11 is 0. The van der Waals surface area contributed by atoms with Crippen LogP contribution >= 0.6 is 0 Å². The molecule has 2 aromatic carbocycles. The minimum atomic E-state index is -3.33. The van der Waals surface area contributed by atoms with Crippen molar-refractivity contribution in [3.63, 3.8) is 0 Å². The number of anilines is 3. The lowest BCUT2D eigenvalue weighted by Crippen LogP contribution is -2.45. The van der Waals surface area contributed by atoms with Crippen molar-refractivity contribution in [2.75, 3.05) is 29.1 Å². The summed E-state index contributed by atoms with van der Waals surface area (Å²) in [7, 11) is -3.33. The summed E-state index contributed by atoms with van der Waals surface area (Å²) in [6.45, 7) is 6.79. The quantitative estimate of drug-likeness (QED) is 0.648. The van der Waals surface area contributed by atoms with Gasteiger partial charge < -0.3 is 19.4 Å². The molecule has 2 heterocycles. The van der Waals surface area contributed by atoms with Gasteiger partial charge in [-0.3, -0.25) is 0 Å². The first kappa shape index (κ1) is 20.6. The van der Waals surface area contributed by atoms with Crippen LogP contribution in [0.5, 0.6) is 0 Å². The average molecular weight is 434 g/mol. The van der Waals surface area contributed by atoms with E-state index in [1.807, 2.05) is 18.7 Å². The third-order valence-electron chi connectivity index (χ3n) is 5.06. The van der Waals surface area contributed by atoms with Crippen molar-refractivity contribution in [3.05, 3.63) is 42.2 Å². The van der Waals surface area contributed by atoms with E-state index in [1.54, 1.807) is 25.1 Å². The SMILES string of the molecule is CCS(=O)(=O)c1ccc2oc(Nc3ccc(N4C[C@@H](C)O[C@@H](C)C4)c(F)c3)nc2c1. The minimum absolute atomic E-state index is 0.00773. The van der Waals surface area contributed by atoms with Crippen LogP contribution in [0, 0.1) is 5.82 Å². The predicted molar refractivity (Wildman–Crippen MR) is 114 cm³/mol. The second kappa shape index (κ2) is 7.88. The maximum Gasteiger partial charge on any atom is 0.300 e. The Hall–Kier alpha value is -2.65. The van der Waals surface area contributed by atoms with Gasteiger partial charge in [-0.1, -0.05) is 6.92 Å². The molecular weight excluding hydrogens is 409 g/mol. The highest BCUT2D eigenvalue weighted by Crippen LogP contribution is 2.29. The van der Waals surface area contributed by atoms with Gasteiger partial charge in [0, 0.05) is 18.8 Å². The molecule has 0 amide bonds. The second-order valence-electron chi connectivity index (χ2n) is 7.51. The third-order valence-corrected chi connectivity index (χ3v) is 6.79. The Bertz CT molecular complexity index is 1170. The lowest BCUT2D eigenvalue weighted by Gasteiger charge is -2.37. The molecule has 1 N–H and O–H groups in total. The smallest absolute Gasteiger partial charge is 0.300 e. The molecule has 1 aliphatic rings. The third kappa shape index (κ3) is 4.13. The lowest BCUT2D eigenvalue weighted by atomic mass is 10.2. The van der Waals surface area contributed by atoms with Crippen LogP contribution in [0.2, 0.25) is 0 Å². The van der Waals surface area contributed by atoms with E-state index in [2.05, 4.69) is 10.3 Å². The Morgan fingerprint density at radius 3 is 2.57 bits per heavy atom. The van der Waals surface area contributed by atoms with Crippen LogP contribution in [0.25, 0.3) is 11.1 Å². The maximum atomic E-state index is 14.8. The van der Waals surface area contributed by atoms with E-state index < -0.39 is 9.84 Å². The van der Waals surface area contributed by atoms with Gasteiger partial charge in [-0.05, 0) is 50.2 Å². The molecule has 1 fully saturated rings. The van der Waals surface area contributed by atoms with Gasteiger partial charge in [-0.15, -0.1) is 0 Å². The molecule has 0 unspecified atom stereocenters. The molecule has 1 aliphatic heterocycles. The van der Waals surface area contributed by atoms with Crippen LogP contribution in [0.1, 0.15) is 20.8 Å². The molecule has 0 bridgehead atoms. The lowest BCUT2D eigenvalue weighted by molar-refractivity contribution is -0.00539. The number of aromatic nitrogens is 1. The van der Waals surface area contributed by atoms with Crippen LogP contribution in [0.15, 0.2) is 45.7 Å². The Balaban J connectivity index is 1.55. The molecule has 3 aromatic rings. The zero-order chi connectivity index (χ0) is 21.5. The van der Waals surface area contributed by atoms with Crippen molar-refractivity contribution in [2.45, 2.75) is 37.9 Å². The average Bonchev–Trinajstić information content (AvgIpc) is 3.08. The van der Waals surface area contributed by atoms with Crippen LogP contribution < -0.4 is 10.2 Å². The largest absolute Gasteiger partial charge is 0.423 e. The number of oxazole rings is 1. The van der Waals surface area contributed by atoms with Gasteiger partial charge in [-0.25, -0.2) is 12.8 Å². The molecule has 9 heteroatoms. The fourth-order valence-electron chi connectivity index (χ4n) is 3.66. The van der Waals surface area contributed by atoms with Crippen LogP contribution in [0.4, 0.5) is 21.8 Å². The fraction of sp³-hybridized carbons (Fsp3) is 0.381. The molecule has 1 saturated heterocycles. The number of rotatable bonds is 5. The molecule has 0 saturated carbocycles. The Morgan fingerprint density at radius 2 is 1.90 bits per heavy atom. The molecule has 0 aliphatic carbocycles. The van der Waals surface area contributed by atoms with Gasteiger partial charge in [0.1, 0.15) is 11.3 Å². The monoisotopic (exact) mass is 433 g/mol. The highest BCUT2D eigenvalue weighted by Gasteiger charge is 2.24. The van der Waals surface area contributed by atoms with E-state index in [9.17, 15) is 12.8 Å². The molecule has 7 nitrogen and oxygen atoms in total. The van der Waals surface area contributed by atoms with E-state index >= 15 is 0 Å². The number of halogens is 1. The van der Waals surface area contributed by atoms with Crippen molar-refractivity contribution >= 4 is 38.3 Å². The highest BCUT2D eigenvalue weighted by molar-refractivity contribution is 7.91. The molecule has 0 radical (unpaired) electrons. The summed E-state index contributed by atoms with van der Waals surface area (Å²) in [4.78, 5) is 6.46. The number of sulfone groups is 1. The van der Waals surface area contributed by atoms with Gasteiger partial charge in [0.05, 0.1) is 28.5 Å². The predicted octanol–water partition coefficient (Wildman–Crippen LogP) is 4.12. The first-order valence-electron chi connectivity index (χ1n) is 9.85. The Kier molecular flexibility index (Phi) is 5.42. The summed E-state index contributed by atoms with van der Waals surface area (Å²) in [6.07, 6.45) is 0.0687. The molecular formula is C21H24FN3O4S. The van der Waals surface area contributed by atoms with E-state index in [1.165, 1.54) is 18.2 Å². The number of nitrogens with zero attached hydrogens (tertiary/aromatic N) is 2. The molecule has 2 atom stereocenters. The topological polar surface area (TPSA) is 84.7 Å². The molecule has 30 heavy (non-hydrogen) atoms. The van der Waals surface area contributed by atoms with Crippen molar-refractivity contribution < 1.29 is 22.0 Å². The van der Waals surface area contributed by atoms with E-state index in [-0.39, 0.29) is 34.7 Å². The standard InChI is InChI=1S/C21H24FN3O4S/c1-4-30(26,27)16-6-8-20-18(10-16)24-21(29-20)23-15-5-7-19(17(22)9-15)25-11-13(2)28-14(3)12-25/h5-10,13-14H,4,11-12H2,1-3H3,(H,23,24)/t13-,14+. The van der Waals surface area contributed by atoms with Crippen LogP contribution in [-0.4, -0.2) is 44.5 Å². The number of benzene rings is 2. The maximum absolute atomic E-state index is 14.8. The summed E-state index contributed by atoms with van der Waals surface area (Å²) < 4.78 is 50.2. The van der Waals surface area contributed by atoms with Gasteiger partial charge in [-0.2, -0.15) is 4.98 Å². The first-order chi connectivity index (χ1) is 14.2. The van der Waals surface area contributed by atoms with Gasteiger partial charge in [0.2, 0.25) is 0 Å². The van der Waals surface area contributed by atoms with Crippen molar-refractivity contribution in [2.24, 2.45) is 0 Å². The van der Waals surface area contributed by atoms with E-state index in [4.69, 9.17) is 9.15 Å². The van der Waals surface area contributed by atoms with Crippen LogP contribution in [0.3, 0.4) is 0 Å². The zero-order valence-electron chi connectivity index (χ0n) is 17.1. The van der Waals surface area contributed by atoms with E-state index in [0.717, 1.165) is 0 Å². The Labute approximate surface area is 174 Å².